The Morgan fingerprint density at radius 3 is 2.37 bits per heavy atom. The van der Waals surface area contributed by atoms with Crippen molar-refractivity contribution in [1.29, 1.82) is 0 Å². The number of hydrogen-bond acceptors (Lipinski definition) is 5. The normalized spacial score (nSPS) is 14.8. The van der Waals surface area contributed by atoms with Crippen molar-refractivity contribution >= 4 is 68.7 Å². The molecule has 1 heterocycles. The number of urea groups is 1. The summed E-state index contributed by atoms with van der Waals surface area (Å²) in [6, 6.07) is 15.9. The number of nitrogens with zero attached hydrogens (tertiary/aromatic N) is 1. The highest BCUT2D eigenvalue weighted by Gasteiger charge is 2.36. The van der Waals surface area contributed by atoms with Crippen LogP contribution in [-0.4, -0.2) is 25.0 Å². The molecule has 0 aromatic heterocycles. The first-order valence-corrected chi connectivity index (χ1v) is 11.7. The standard InChI is InChI=1S/C25H17BrCl2N2O5/c1-34-22-12-14(3-9-21(22)35-13-15-2-8-19(27)20(28)11-15)10-18-23(31)29-25(33)30(24(18)32)17-6-4-16(26)5-7-17/h2-12H,13H2,1H3,(H,29,31,33). The van der Waals surface area contributed by atoms with E-state index in [1.807, 2.05) is 0 Å². The number of anilines is 1. The zero-order valence-corrected chi connectivity index (χ0v) is 21.3. The number of barbiturate groups is 1. The molecule has 4 amide bonds. The van der Waals surface area contributed by atoms with Gasteiger partial charge in [0.2, 0.25) is 0 Å². The fraction of sp³-hybridized carbons (Fsp3) is 0.0800. The maximum absolute atomic E-state index is 13.1. The molecule has 0 radical (unpaired) electrons. The second kappa shape index (κ2) is 10.5. The van der Waals surface area contributed by atoms with Crippen molar-refractivity contribution in [1.82, 2.24) is 5.32 Å². The zero-order valence-electron chi connectivity index (χ0n) is 18.2. The molecule has 0 aliphatic carbocycles. The Labute approximate surface area is 219 Å². The van der Waals surface area contributed by atoms with Crippen LogP contribution in [0.25, 0.3) is 6.08 Å². The van der Waals surface area contributed by atoms with Gasteiger partial charge in [0.05, 0.1) is 22.8 Å². The van der Waals surface area contributed by atoms with Gasteiger partial charge in [-0.25, -0.2) is 9.69 Å². The summed E-state index contributed by atoms with van der Waals surface area (Å²) in [6.07, 6.45) is 1.39. The quantitative estimate of drug-likeness (QED) is 0.287. The summed E-state index contributed by atoms with van der Waals surface area (Å²) in [5.74, 6) is -0.678. The van der Waals surface area contributed by atoms with Gasteiger partial charge in [-0.1, -0.05) is 51.3 Å². The SMILES string of the molecule is COc1cc(C=C2C(=O)NC(=O)N(c3ccc(Br)cc3)C2=O)ccc1OCc1ccc(Cl)c(Cl)c1. The molecule has 35 heavy (non-hydrogen) atoms. The molecule has 1 aliphatic rings. The van der Waals surface area contributed by atoms with Crippen molar-refractivity contribution in [3.63, 3.8) is 0 Å². The molecule has 0 unspecified atom stereocenters. The van der Waals surface area contributed by atoms with Crippen LogP contribution >= 0.6 is 39.1 Å². The van der Waals surface area contributed by atoms with Gasteiger partial charge >= 0.3 is 6.03 Å². The maximum Gasteiger partial charge on any atom is 0.335 e. The van der Waals surface area contributed by atoms with Crippen molar-refractivity contribution in [2.24, 2.45) is 0 Å². The molecule has 1 saturated heterocycles. The highest BCUT2D eigenvalue weighted by Crippen LogP contribution is 2.31. The van der Waals surface area contributed by atoms with Crippen molar-refractivity contribution in [3.8, 4) is 11.5 Å². The minimum atomic E-state index is -0.817. The van der Waals surface area contributed by atoms with E-state index in [1.54, 1.807) is 60.7 Å². The monoisotopic (exact) mass is 574 g/mol. The van der Waals surface area contributed by atoms with Crippen LogP contribution in [0.5, 0.6) is 11.5 Å². The van der Waals surface area contributed by atoms with Crippen LogP contribution in [0.1, 0.15) is 11.1 Å². The third kappa shape index (κ3) is 5.51. The molecule has 0 bridgehead atoms. The number of amides is 4. The average molecular weight is 576 g/mol. The van der Waals surface area contributed by atoms with E-state index in [0.717, 1.165) is 14.9 Å². The van der Waals surface area contributed by atoms with Gasteiger partial charge in [0.1, 0.15) is 12.2 Å². The third-order valence-corrected chi connectivity index (χ3v) is 6.33. The second-order valence-corrected chi connectivity index (χ2v) is 9.11. The Bertz CT molecular complexity index is 1360. The number of imide groups is 2. The Morgan fingerprint density at radius 2 is 1.69 bits per heavy atom. The lowest BCUT2D eigenvalue weighted by Crippen LogP contribution is -2.54. The summed E-state index contributed by atoms with van der Waals surface area (Å²) >= 11 is 15.3. The highest BCUT2D eigenvalue weighted by molar-refractivity contribution is 9.10. The maximum atomic E-state index is 13.1. The molecular weight excluding hydrogens is 559 g/mol. The Morgan fingerprint density at radius 1 is 0.943 bits per heavy atom. The van der Waals surface area contributed by atoms with Gasteiger partial charge in [-0.3, -0.25) is 14.9 Å². The molecule has 1 aliphatic heterocycles. The lowest BCUT2D eigenvalue weighted by atomic mass is 10.1. The molecule has 0 atom stereocenters. The number of nitrogens with one attached hydrogen (secondary N) is 1. The number of methoxy groups -OCH3 is 1. The first-order valence-electron chi connectivity index (χ1n) is 10.2. The van der Waals surface area contributed by atoms with Gasteiger partial charge in [0.25, 0.3) is 11.8 Å². The third-order valence-electron chi connectivity index (χ3n) is 5.06. The van der Waals surface area contributed by atoms with Crippen LogP contribution in [0.2, 0.25) is 10.0 Å². The molecule has 0 saturated carbocycles. The van der Waals surface area contributed by atoms with Gasteiger partial charge in [-0.2, -0.15) is 0 Å². The number of ether oxygens (including phenoxy) is 2. The van der Waals surface area contributed by atoms with Gasteiger partial charge in [-0.05, 0) is 65.7 Å². The fourth-order valence-corrected chi connectivity index (χ4v) is 3.92. The van der Waals surface area contributed by atoms with Gasteiger partial charge in [0.15, 0.2) is 11.5 Å². The summed E-state index contributed by atoms with van der Waals surface area (Å²) in [5.41, 5.74) is 1.46. The fourth-order valence-electron chi connectivity index (χ4n) is 3.33. The van der Waals surface area contributed by atoms with E-state index < -0.39 is 17.8 Å². The van der Waals surface area contributed by atoms with E-state index in [-0.39, 0.29) is 12.2 Å². The van der Waals surface area contributed by atoms with Gasteiger partial charge in [0, 0.05) is 4.47 Å². The number of rotatable bonds is 6. The molecule has 3 aromatic rings. The van der Waals surface area contributed by atoms with Gasteiger partial charge in [-0.15, -0.1) is 0 Å². The molecule has 0 spiro atoms. The zero-order chi connectivity index (χ0) is 25.1. The van der Waals surface area contributed by atoms with Crippen LogP contribution in [0.3, 0.4) is 0 Å². The number of halogens is 3. The van der Waals surface area contributed by atoms with Crippen molar-refractivity contribution in [3.05, 3.63) is 91.9 Å². The highest BCUT2D eigenvalue weighted by atomic mass is 79.9. The van der Waals surface area contributed by atoms with E-state index >= 15 is 0 Å². The largest absolute Gasteiger partial charge is 0.493 e. The Balaban J connectivity index is 1.58. The summed E-state index contributed by atoms with van der Waals surface area (Å²) in [7, 11) is 1.48. The van der Waals surface area contributed by atoms with Crippen LogP contribution in [0.4, 0.5) is 10.5 Å². The molecular formula is C25H17BrCl2N2O5. The second-order valence-electron chi connectivity index (χ2n) is 7.38. The van der Waals surface area contributed by atoms with Gasteiger partial charge < -0.3 is 9.47 Å². The van der Waals surface area contributed by atoms with E-state index in [2.05, 4.69) is 21.2 Å². The van der Waals surface area contributed by atoms with E-state index in [9.17, 15) is 14.4 Å². The molecule has 1 fully saturated rings. The van der Waals surface area contributed by atoms with Crippen molar-refractivity contribution < 1.29 is 23.9 Å². The topological polar surface area (TPSA) is 84.9 Å². The molecule has 1 N–H and O–H groups in total. The summed E-state index contributed by atoms with van der Waals surface area (Å²) in [4.78, 5) is 38.8. The minimum Gasteiger partial charge on any atom is -0.493 e. The lowest BCUT2D eigenvalue weighted by Gasteiger charge is -2.26. The molecule has 10 heteroatoms. The Kier molecular flexibility index (Phi) is 7.45. The number of carbonyl (C=O) groups excluding carboxylic acids is 3. The van der Waals surface area contributed by atoms with E-state index in [4.69, 9.17) is 32.7 Å². The number of benzene rings is 3. The predicted molar refractivity (Wildman–Crippen MR) is 137 cm³/mol. The average Bonchev–Trinajstić information content (AvgIpc) is 2.84. The summed E-state index contributed by atoms with van der Waals surface area (Å²) in [6.45, 7) is 0.221. The van der Waals surface area contributed by atoms with Crippen molar-refractivity contribution in [2.75, 3.05) is 12.0 Å². The van der Waals surface area contributed by atoms with Crippen LogP contribution in [0.15, 0.2) is 70.7 Å². The molecule has 7 nitrogen and oxygen atoms in total. The smallest absolute Gasteiger partial charge is 0.335 e. The number of carbonyl (C=O) groups is 3. The first-order chi connectivity index (χ1) is 16.8. The van der Waals surface area contributed by atoms with Crippen LogP contribution in [-0.2, 0) is 16.2 Å². The number of hydrogen-bond donors (Lipinski definition) is 1. The molecule has 178 valence electrons. The summed E-state index contributed by atoms with van der Waals surface area (Å²) in [5, 5.41) is 3.08. The minimum absolute atomic E-state index is 0.195. The molecule has 4 rings (SSSR count). The van der Waals surface area contributed by atoms with Crippen LogP contribution < -0.4 is 19.7 Å². The first kappa shape index (κ1) is 24.8. The molecule has 3 aromatic carbocycles. The summed E-state index contributed by atoms with van der Waals surface area (Å²) < 4.78 is 12.1. The predicted octanol–water partition coefficient (Wildman–Crippen LogP) is 6.01. The van der Waals surface area contributed by atoms with E-state index in [0.29, 0.717) is 32.8 Å². The van der Waals surface area contributed by atoms with Crippen LogP contribution in [0, 0.1) is 0 Å². The van der Waals surface area contributed by atoms with E-state index in [1.165, 1.54) is 13.2 Å². The lowest BCUT2D eigenvalue weighted by molar-refractivity contribution is -0.122. The van der Waals surface area contributed by atoms with Crippen molar-refractivity contribution in [2.45, 2.75) is 6.61 Å². The Hall–Kier alpha value is -3.33.